The number of allylic oxidation sites excluding steroid dienone is 1. The van der Waals surface area contributed by atoms with Gasteiger partial charge in [0.05, 0.1) is 11.8 Å². The second-order valence-electron chi connectivity index (χ2n) is 6.52. The molecule has 3 heteroatoms. The molecule has 0 saturated heterocycles. The van der Waals surface area contributed by atoms with Gasteiger partial charge in [-0.25, -0.2) is 0 Å². The van der Waals surface area contributed by atoms with Crippen LogP contribution in [0.1, 0.15) is 40.0 Å². The Labute approximate surface area is 152 Å². The lowest BCUT2D eigenvalue weighted by Gasteiger charge is -2.33. The van der Waals surface area contributed by atoms with E-state index in [2.05, 4.69) is 6.92 Å². The maximum atomic E-state index is 14.5. The van der Waals surface area contributed by atoms with E-state index < -0.39 is 13.2 Å². The number of aliphatic hydroxyl groups is 1. The van der Waals surface area contributed by atoms with Crippen LogP contribution in [0.25, 0.3) is 0 Å². The van der Waals surface area contributed by atoms with Crippen LogP contribution in [0.3, 0.4) is 0 Å². The highest BCUT2D eigenvalue weighted by Gasteiger charge is 2.40. The van der Waals surface area contributed by atoms with Crippen molar-refractivity contribution in [1.29, 1.82) is 0 Å². The topological polar surface area (TPSA) is 37.3 Å². The summed E-state index contributed by atoms with van der Waals surface area (Å²) in [6.07, 6.45) is 3.92. The third kappa shape index (κ3) is 4.32. The Balaban J connectivity index is 2.64. The summed E-state index contributed by atoms with van der Waals surface area (Å²) in [5, 5.41) is 12.7. The van der Waals surface area contributed by atoms with Gasteiger partial charge in [-0.3, -0.25) is 0 Å². The summed E-state index contributed by atoms with van der Waals surface area (Å²) in [6, 6.07) is 19.3. The predicted octanol–water partition coefficient (Wildman–Crippen LogP) is 4.89. The summed E-state index contributed by atoms with van der Waals surface area (Å²) in [4.78, 5) is 0. The van der Waals surface area contributed by atoms with Gasteiger partial charge < -0.3 is 9.67 Å². The van der Waals surface area contributed by atoms with E-state index in [4.69, 9.17) is 0 Å². The van der Waals surface area contributed by atoms with Gasteiger partial charge in [0.2, 0.25) is 0 Å². The molecule has 0 saturated carbocycles. The summed E-state index contributed by atoms with van der Waals surface area (Å²) >= 11 is 0. The van der Waals surface area contributed by atoms with Crippen LogP contribution >= 0.6 is 7.14 Å². The minimum atomic E-state index is -2.98. The molecule has 0 amide bonds. The largest absolute Gasteiger partial charge is 0.388 e. The fourth-order valence-corrected chi connectivity index (χ4v) is 6.73. The monoisotopic (exact) mass is 356 g/mol. The molecule has 2 aromatic carbocycles. The average molecular weight is 356 g/mol. The van der Waals surface area contributed by atoms with Crippen LogP contribution in [0.15, 0.2) is 72.3 Å². The summed E-state index contributed by atoms with van der Waals surface area (Å²) in [5.41, 5.74) is 0.571. The number of unbranched alkanes of at least 4 members (excludes halogenated alkanes) is 1. The molecule has 1 N–H and O–H groups in total. The van der Waals surface area contributed by atoms with Gasteiger partial charge in [0.25, 0.3) is 0 Å². The molecule has 0 aliphatic heterocycles. The van der Waals surface area contributed by atoms with Crippen LogP contribution in [0.2, 0.25) is 0 Å². The second kappa shape index (κ2) is 9.17. The minimum Gasteiger partial charge on any atom is -0.388 e. The van der Waals surface area contributed by atoms with E-state index in [1.807, 2.05) is 80.6 Å². The first-order chi connectivity index (χ1) is 12.1. The number of benzene rings is 2. The molecule has 2 nitrogen and oxygen atoms in total. The van der Waals surface area contributed by atoms with E-state index in [1.54, 1.807) is 0 Å². The molecular weight excluding hydrogens is 327 g/mol. The fourth-order valence-electron chi connectivity index (χ4n) is 3.26. The molecule has 0 heterocycles. The van der Waals surface area contributed by atoms with Crippen LogP contribution in [0.4, 0.5) is 0 Å². The Morgan fingerprint density at radius 2 is 1.52 bits per heavy atom. The number of hydrogen-bond acceptors (Lipinski definition) is 2. The van der Waals surface area contributed by atoms with Crippen LogP contribution in [-0.2, 0) is 4.57 Å². The average Bonchev–Trinajstić information content (AvgIpc) is 2.68. The van der Waals surface area contributed by atoms with Crippen molar-refractivity contribution in [2.75, 3.05) is 0 Å². The summed E-state index contributed by atoms with van der Waals surface area (Å²) < 4.78 is 14.5. The highest BCUT2D eigenvalue weighted by molar-refractivity contribution is 7.79. The van der Waals surface area contributed by atoms with E-state index in [0.717, 1.165) is 35.4 Å². The Morgan fingerprint density at radius 1 is 1.04 bits per heavy atom. The first-order valence-electron chi connectivity index (χ1n) is 9.07. The van der Waals surface area contributed by atoms with Gasteiger partial charge in [-0.2, -0.15) is 0 Å². The number of hydrogen-bond donors (Lipinski definition) is 1. The van der Waals surface area contributed by atoms with Crippen LogP contribution in [0, 0.1) is 0 Å². The quantitative estimate of drug-likeness (QED) is 0.540. The van der Waals surface area contributed by atoms with E-state index in [9.17, 15) is 9.67 Å². The molecule has 134 valence electrons. The van der Waals surface area contributed by atoms with E-state index in [0.29, 0.717) is 0 Å². The Bertz CT molecular complexity index is 679. The maximum Gasteiger partial charge on any atom is 0.149 e. The second-order valence-corrected chi connectivity index (χ2v) is 9.53. The van der Waals surface area contributed by atoms with Crippen molar-refractivity contribution in [2.45, 2.75) is 51.8 Å². The lowest BCUT2D eigenvalue weighted by molar-refractivity contribution is 0.198. The van der Waals surface area contributed by atoms with E-state index >= 15 is 0 Å². The van der Waals surface area contributed by atoms with Crippen molar-refractivity contribution >= 4 is 17.8 Å². The summed E-state index contributed by atoms with van der Waals surface area (Å²) in [6.45, 7) is 5.97. The molecule has 2 rings (SSSR count). The van der Waals surface area contributed by atoms with Crippen LogP contribution in [-0.4, -0.2) is 16.9 Å². The van der Waals surface area contributed by atoms with Gasteiger partial charge in [0.15, 0.2) is 0 Å². The van der Waals surface area contributed by atoms with Crippen molar-refractivity contribution in [3.63, 3.8) is 0 Å². The SMILES string of the molecule is C/C=C(\C)[C@@H](O)[C@H](CCCC)P(=O)(c1ccccc1)c1ccccc1. The highest BCUT2D eigenvalue weighted by atomic mass is 31.2. The smallest absolute Gasteiger partial charge is 0.149 e. The molecule has 2 aromatic rings. The van der Waals surface area contributed by atoms with Gasteiger partial charge in [-0.15, -0.1) is 0 Å². The zero-order chi connectivity index (χ0) is 18.3. The molecule has 0 aromatic heterocycles. The third-order valence-electron chi connectivity index (χ3n) is 4.89. The third-order valence-corrected chi connectivity index (χ3v) is 8.49. The van der Waals surface area contributed by atoms with Gasteiger partial charge in [0, 0.05) is 10.6 Å². The molecular formula is C22H29O2P. The van der Waals surface area contributed by atoms with Gasteiger partial charge in [-0.1, -0.05) is 86.5 Å². The molecule has 0 radical (unpaired) electrons. The minimum absolute atomic E-state index is 0.312. The lowest BCUT2D eigenvalue weighted by Crippen LogP contribution is -2.35. The first kappa shape index (κ1) is 19.7. The normalized spacial score (nSPS) is 15.0. The van der Waals surface area contributed by atoms with Gasteiger partial charge in [-0.05, 0) is 25.8 Å². The molecule has 0 fully saturated rings. The zero-order valence-electron chi connectivity index (χ0n) is 15.4. The van der Waals surface area contributed by atoms with Gasteiger partial charge >= 0.3 is 0 Å². The van der Waals surface area contributed by atoms with Crippen molar-refractivity contribution in [3.8, 4) is 0 Å². The summed E-state index contributed by atoms with van der Waals surface area (Å²) in [7, 11) is -2.98. The van der Waals surface area contributed by atoms with E-state index in [1.165, 1.54) is 0 Å². The van der Waals surface area contributed by atoms with Crippen molar-refractivity contribution in [3.05, 3.63) is 72.3 Å². The Morgan fingerprint density at radius 3 is 1.92 bits per heavy atom. The zero-order valence-corrected chi connectivity index (χ0v) is 16.3. The summed E-state index contributed by atoms with van der Waals surface area (Å²) in [5.74, 6) is 0. The first-order valence-corrected chi connectivity index (χ1v) is 10.8. The Hall–Kier alpha value is -1.63. The fraction of sp³-hybridized carbons (Fsp3) is 0.364. The molecule has 0 unspecified atom stereocenters. The molecule has 0 aliphatic carbocycles. The molecule has 2 atom stereocenters. The lowest BCUT2D eigenvalue weighted by atomic mass is 10.0. The highest BCUT2D eigenvalue weighted by Crippen LogP contribution is 2.52. The van der Waals surface area contributed by atoms with Crippen molar-refractivity contribution in [2.24, 2.45) is 0 Å². The molecule has 25 heavy (non-hydrogen) atoms. The van der Waals surface area contributed by atoms with Crippen LogP contribution in [0.5, 0.6) is 0 Å². The maximum absolute atomic E-state index is 14.5. The van der Waals surface area contributed by atoms with Crippen LogP contribution < -0.4 is 10.6 Å². The standard InChI is InChI=1S/C22H29O2P/c1-4-6-17-21(22(23)18(3)5-2)25(24,19-13-9-7-10-14-19)20-15-11-8-12-16-20/h5,7-16,21-23H,4,6,17H2,1-3H3/b18-5+/t21-,22+/m0/s1. The molecule has 0 spiro atoms. The van der Waals surface area contributed by atoms with E-state index in [-0.39, 0.29) is 5.66 Å². The van der Waals surface area contributed by atoms with Gasteiger partial charge in [0.1, 0.15) is 7.14 Å². The number of aliphatic hydroxyl groups excluding tert-OH is 1. The molecule has 0 aliphatic rings. The van der Waals surface area contributed by atoms with Crippen molar-refractivity contribution in [1.82, 2.24) is 0 Å². The molecule has 0 bridgehead atoms. The van der Waals surface area contributed by atoms with Crippen molar-refractivity contribution < 1.29 is 9.67 Å². The number of rotatable bonds is 8. The Kier molecular flexibility index (Phi) is 7.23. The predicted molar refractivity (Wildman–Crippen MR) is 109 cm³/mol.